The van der Waals surface area contributed by atoms with E-state index in [2.05, 4.69) is 21.9 Å². The number of rotatable bonds is 5. The first kappa shape index (κ1) is 22.5. The summed E-state index contributed by atoms with van der Waals surface area (Å²) in [4.78, 5) is 40.7. The molecule has 0 bridgehead atoms. The first-order valence-electron chi connectivity index (χ1n) is 11.7. The van der Waals surface area contributed by atoms with Crippen LogP contribution in [0.3, 0.4) is 0 Å². The zero-order valence-electron chi connectivity index (χ0n) is 19.5. The van der Waals surface area contributed by atoms with Crippen LogP contribution in [0, 0.1) is 6.92 Å². The van der Waals surface area contributed by atoms with Crippen molar-refractivity contribution in [1.82, 2.24) is 24.3 Å². The zero-order chi connectivity index (χ0) is 24.4. The fourth-order valence-corrected chi connectivity index (χ4v) is 4.64. The average Bonchev–Trinajstić information content (AvgIpc) is 3.30. The van der Waals surface area contributed by atoms with Gasteiger partial charge in [-0.2, -0.15) is 0 Å². The van der Waals surface area contributed by atoms with Gasteiger partial charge in [0.05, 0.1) is 22.9 Å². The summed E-state index contributed by atoms with van der Waals surface area (Å²) in [5.41, 5.74) is 3.91. The molecule has 1 saturated heterocycles. The SMILES string of the molecule is C=CC(=O)N1CCCCC1c1nc(-c2ccc(C(=O)Nc3ccccn3)cc2)c2c(C)nccn12. The lowest BCUT2D eigenvalue weighted by atomic mass is 10.0. The number of pyridine rings is 1. The van der Waals surface area contributed by atoms with Crippen molar-refractivity contribution in [3.63, 3.8) is 0 Å². The van der Waals surface area contributed by atoms with Crippen molar-refractivity contribution in [3.05, 3.63) is 90.8 Å². The molecule has 2 amide bonds. The largest absolute Gasteiger partial charge is 0.329 e. The highest BCUT2D eigenvalue weighted by Crippen LogP contribution is 2.35. The zero-order valence-corrected chi connectivity index (χ0v) is 19.5. The summed E-state index contributed by atoms with van der Waals surface area (Å²) >= 11 is 0. The molecule has 1 atom stereocenters. The molecule has 0 saturated carbocycles. The molecular weight excluding hydrogens is 440 g/mol. The fourth-order valence-electron chi connectivity index (χ4n) is 4.64. The molecule has 0 aliphatic carbocycles. The van der Waals surface area contributed by atoms with Gasteiger partial charge in [0.2, 0.25) is 5.91 Å². The topological polar surface area (TPSA) is 92.5 Å². The molecule has 1 aliphatic heterocycles. The van der Waals surface area contributed by atoms with Crippen LogP contribution in [0.15, 0.2) is 73.7 Å². The molecule has 1 N–H and O–H groups in total. The van der Waals surface area contributed by atoms with E-state index >= 15 is 0 Å². The molecule has 1 unspecified atom stereocenters. The number of aromatic nitrogens is 4. The van der Waals surface area contributed by atoms with Crippen LogP contribution in [0.1, 0.15) is 47.2 Å². The molecule has 1 aromatic carbocycles. The van der Waals surface area contributed by atoms with Gasteiger partial charge in [-0.05, 0) is 56.5 Å². The van der Waals surface area contributed by atoms with Gasteiger partial charge in [0.1, 0.15) is 11.6 Å². The Morgan fingerprint density at radius 3 is 2.66 bits per heavy atom. The normalized spacial score (nSPS) is 15.7. The molecule has 8 nitrogen and oxygen atoms in total. The van der Waals surface area contributed by atoms with Gasteiger partial charge in [-0.3, -0.25) is 19.0 Å². The second kappa shape index (κ2) is 9.50. The fraction of sp³-hybridized carbons (Fsp3) is 0.222. The van der Waals surface area contributed by atoms with Gasteiger partial charge in [-0.25, -0.2) is 9.97 Å². The van der Waals surface area contributed by atoms with Crippen molar-refractivity contribution in [2.75, 3.05) is 11.9 Å². The predicted molar refractivity (Wildman–Crippen MR) is 134 cm³/mol. The highest BCUT2D eigenvalue weighted by Gasteiger charge is 2.31. The lowest BCUT2D eigenvalue weighted by Gasteiger charge is -2.34. The third-order valence-electron chi connectivity index (χ3n) is 6.35. The standard InChI is InChI=1S/C27H26N6O2/c1-3-23(34)32-16-7-5-8-21(32)26-31-24(25-18(2)28-15-17-33(25)26)19-10-12-20(13-11-19)27(35)30-22-9-4-6-14-29-22/h3-4,6,9-15,17,21H,1,5,7-8,16H2,2H3,(H,29,30,35). The maximum atomic E-state index is 12.6. The van der Waals surface area contributed by atoms with Crippen LogP contribution in [0.5, 0.6) is 0 Å². The Labute approximate surface area is 203 Å². The van der Waals surface area contributed by atoms with Gasteiger partial charge in [-0.1, -0.05) is 24.8 Å². The van der Waals surface area contributed by atoms with E-state index in [1.807, 2.05) is 40.6 Å². The highest BCUT2D eigenvalue weighted by atomic mass is 16.2. The minimum Gasteiger partial charge on any atom is -0.329 e. The first-order valence-corrected chi connectivity index (χ1v) is 11.7. The van der Waals surface area contributed by atoms with Crippen LogP contribution in [-0.2, 0) is 4.79 Å². The van der Waals surface area contributed by atoms with Gasteiger partial charge in [0.15, 0.2) is 0 Å². The summed E-state index contributed by atoms with van der Waals surface area (Å²) in [7, 11) is 0. The van der Waals surface area contributed by atoms with Gasteiger partial charge < -0.3 is 10.2 Å². The van der Waals surface area contributed by atoms with Crippen LogP contribution < -0.4 is 5.32 Å². The number of benzene rings is 1. The molecule has 3 aromatic heterocycles. The van der Waals surface area contributed by atoms with Gasteiger partial charge >= 0.3 is 0 Å². The molecular formula is C27H26N6O2. The highest BCUT2D eigenvalue weighted by molar-refractivity contribution is 6.04. The number of imidazole rings is 1. The summed E-state index contributed by atoms with van der Waals surface area (Å²) in [6.45, 7) is 6.31. The van der Waals surface area contributed by atoms with Crippen molar-refractivity contribution >= 4 is 23.1 Å². The van der Waals surface area contributed by atoms with Crippen LogP contribution in [0.2, 0.25) is 0 Å². The van der Waals surface area contributed by atoms with Crippen LogP contribution >= 0.6 is 0 Å². The second-order valence-electron chi connectivity index (χ2n) is 8.54. The van der Waals surface area contributed by atoms with E-state index in [0.29, 0.717) is 17.9 Å². The Balaban J connectivity index is 1.52. The van der Waals surface area contributed by atoms with E-state index in [9.17, 15) is 9.59 Å². The van der Waals surface area contributed by atoms with Crippen molar-refractivity contribution in [1.29, 1.82) is 0 Å². The summed E-state index contributed by atoms with van der Waals surface area (Å²) in [6, 6.07) is 12.5. The minimum atomic E-state index is -0.232. The number of carbonyl (C=O) groups is 2. The van der Waals surface area contributed by atoms with Crippen molar-refractivity contribution in [3.8, 4) is 11.3 Å². The number of likely N-dealkylation sites (tertiary alicyclic amines) is 1. The number of anilines is 1. The van der Waals surface area contributed by atoms with Crippen molar-refractivity contribution < 1.29 is 9.59 Å². The second-order valence-corrected chi connectivity index (χ2v) is 8.54. The smallest absolute Gasteiger partial charge is 0.256 e. The van der Waals surface area contributed by atoms with Gasteiger partial charge in [0, 0.05) is 36.3 Å². The monoisotopic (exact) mass is 466 g/mol. The number of nitrogens with zero attached hydrogens (tertiary/aromatic N) is 5. The Morgan fingerprint density at radius 2 is 1.91 bits per heavy atom. The lowest BCUT2D eigenvalue weighted by Crippen LogP contribution is -2.38. The number of aryl methyl sites for hydroxylation is 1. The summed E-state index contributed by atoms with van der Waals surface area (Å²) in [5.74, 6) is 0.998. The van der Waals surface area contributed by atoms with Crippen molar-refractivity contribution in [2.45, 2.75) is 32.2 Å². The Kier molecular flexibility index (Phi) is 6.10. The average molecular weight is 467 g/mol. The summed E-state index contributed by atoms with van der Waals surface area (Å²) in [5, 5.41) is 2.80. The Hall–Kier alpha value is -4.33. The van der Waals surface area contributed by atoms with Gasteiger partial charge in [-0.15, -0.1) is 0 Å². The number of hydrogen-bond donors (Lipinski definition) is 1. The quantitative estimate of drug-likeness (QED) is 0.434. The van der Waals surface area contributed by atoms with E-state index in [1.165, 1.54) is 6.08 Å². The van der Waals surface area contributed by atoms with E-state index in [0.717, 1.165) is 47.6 Å². The summed E-state index contributed by atoms with van der Waals surface area (Å²) in [6.07, 6.45) is 9.49. The molecule has 176 valence electrons. The molecule has 5 rings (SSSR count). The van der Waals surface area contributed by atoms with E-state index in [-0.39, 0.29) is 17.9 Å². The Morgan fingerprint density at radius 1 is 1.09 bits per heavy atom. The molecule has 0 spiro atoms. The third kappa shape index (κ3) is 4.30. The molecule has 1 fully saturated rings. The van der Waals surface area contributed by atoms with E-state index in [4.69, 9.17) is 4.98 Å². The van der Waals surface area contributed by atoms with Gasteiger partial charge in [0.25, 0.3) is 5.91 Å². The van der Waals surface area contributed by atoms with E-state index < -0.39 is 0 Å². The van der Waals surface area contributed by atoms with E-state index in [1.54, 1.807) is 36.7 Å². The minimum absolute atomic E-state index is 0.0814. The molecule has 8 heteroatoms. The number of hydrogen-bond acceptors (Lipinski definition) is 5. The molecule has 4 heterocycles. The number of amides is 2. The summed E-state index contributed by atoms with van der Waals surface area (Å²) < 4.78 is 2.04. The van der Waals surface area contributed by atoms with Crippen LogP contribution in [0.4, 0.5) is 5.82 Å². The Bertz CT molecular complexity index is 1390. The molecule has 0 radical (unpaired) electrons. The maximum Gasteiger partial charge on any atom is 0.256 e. The molecule has 1 aliphatic rings. The third-order valence-corrected chi connectivity index (χ3v) is 6.35. The maximum absolute atomic E-state index is 12.6. The number of nitrogens with one attached hydrogen (secondary N) is 1. The van der Waals surface area contributed by atoms with Crippen LogP contribution in [0.25, 0.3) is 16.8 Å². The number of fused-ring (bicyclic) bond motifs is 1. The van der Waals surface area contributed by atoms with Crippen molar-refractivity contribution in [2.24, 2.45) is 0 Å². The number of piperidine rings is 1. The molecule has 35 heavy (non-hydrogen) atoms. The predicted octanol–water partition coefficient (Wildman–Crippen LogP) is 4.59. The first-order chi connectivity index (χ1) is 17.1. The lowest BCUT2D eigenvalue weighted by molar-refractivity contribution is -0.129. The number of carbonyl (C=O) groups excluding carboxylic acids is 2. The molecule has 4 aromatic rings. The van der Waals surface area contributed by atoms with Crippen LogP contribution in [-0.4, -0.2) is 42.6 Å².